The van der Waals surface area contributed by atoms with E-state index in [0.29, 0.717) is 5.88 Å². The molecule has 0 bridgehead atoms. The maximum Gasteiger partial charge on any atom is 0.0810 e. The first-order chi connectivity index (χ1) is 6.33. The van der Waals surface area contributed by atoms with E-state index in [-0.39, 0.29) is 6.10 Å². The molecule has 1 unspecified atom stereocenters. The number of hydrogen-bond acceptors (Lipinski definition) is 2. The molecule has 2 rings (SSSR count). The van der Waals surface area contributed by atoms with E-state index in [1.165, 1.54) is 0 Å². The highest BCUT2D eigenvalue weighted by molar-refractivity contribution is 6.17. The number of alkyl halides is 1. The van der Waals surface area contributed by atoms with Gasteiger partial charge in [0.1, 0.15) is 0 Å². The Balaban J connectivity index is 2.50. The van der Waals surface area contributed by atoms with Gasteiger partial charge in [-0.2, -0.15) is 0 Å². The van der Waals surface area contributed by atoms with Gasteiger partial charge in [0.05, 0.1) is 6.10 Å². The van der Waals surface area contributed by atoms with E-state index in [0.717, 1.165) is 36.1 Å². The lowest BCUT2D eigenvalue weighted by Crippen LogP contribution is -2.13. The fourth-order valence-corrected chi connectivity index (χ4v) is 2.12. The van der Waals surface area contributed by atoms with Crippen LogP contribution in [0.3, 0.4) is 0 Å². The van der Waals surface area contributed by atoms with E-state index in [9.17, 15) is 5.11 Å². The average molecular weight is 198 g/mol. The molecule has 0 fully saturated rings. The van der Waals surface area contributed by atoms with Gasteiger partial charge in [0.15, 0.2) is 0 Å². The van der Waals surface area contributed by atoms with Gasteiger partial charge in [0.2, 0.25) is 0 Å². The van der Waals surface area contributed by atoms with E-state index < -0.39 is 0 Å². The Bertz CT molecular complexity index is 300. The SMILES string of the molecule is OC1CCCc2nccc(CCl)c21. The van der Waals surface area contributed by atoms with Crippen LogP contribution >= 0.6 is 11.6 Å². The number of rotatable bonds is 1. The molecular weight excluding hydrogens is 186 g/mol. The van der Waals surface area contributed by atoms with Gasteiger partial charge in [-0.25, -0.2) is 0 Å². The summed E-state index contributed by atoms with van der Waals surface area (Å²) in [6.45, 7) is 0. The number of pyridine rings is 1. The summed E-state index contributed by atoms with van der Waals surface area (Å²) < 4.78 is 0. The van der Waals surface area contributed by atoms with Gasteiger partial charge in [-0.3, -0.25) is 4.98 Å². The molecule has 0 spiro atoms. The molecule has 70 valence electrons. The van der Waals surface area contributed by atoms with Crippen LogP contribution in [0.25, 0.3) is 0 Å². The molecule has 0 aromatic carbocycles. The highest BCUT2D eigenvalue weighted by atomic mass is 35.5. The second-order valence-corrected chi connectivity index (χ2v) is 3.64. The summed E-state index contributed by atoms with van der Waals surface area (Å²) in [5.41, 5.74) is 3.03. The summed E-state index contributed by atoms with van der Waals surface area (Å²) >= 11 is 5.79. The lowest BCUT2D eigenvalue weighted by Gasteiger charge is -2.22. The minimum Gasteiger partial charge on any atom is -0.388 e. The van der Waals surface area contributed by atoms with Crippen LogP contribution in [-0.4, -0.2) is 10.1 Å². The van der Waals surface area contributed by atoms with Gasteiger partial charge in [0, 0.05) is 23.3 Å². The number of aryl methyl sites for hydroxylation is 1. The Morgan fingerprint density at radius 1 is 1.62 bits per heavy atom. The molecule has 0 saturated carbocycles. The van der Waals surface area contributed by atoms with Crippen LogP contribution in [0.5, 0.6) is 0 Å². The normalized spacial score (nSPS) is 21.2. The smallest absolute Gasteiger partial charge is 0.0810 e. The van der Waals surface area contributed by atoms with Gasteiger partial charge in [-0.15, -0.1) is 11.6 Å². The molecule has 1 aliphatic rings. The lowest BCUT2D eigenvalue weighted by atomic mass is 9.90. The molecule has 3 heteroatoms. The summed E-state index contributed by atoms with van der Waals surface area (Å²) in [4.78, 5) is 4.26. The number of nitrogens with zero attached hydrogens (tertiary/aromatic N) is 1. The van der Waals surface area contributed by atoms with Crippen molar-refractivity contribution in [3.63, 3.8) is 0 Å². The summed E-state index contributed by atoms with van der Waals surface area (Å²) in [7, 11) is 0. The largest absolute Gasteiger partial charge is 0.388 e. The molecule has 13 heavy (non-hydrogen) atoms. The van der Waals surface area contributed by atoms with Crippen molar-refractivity contribution in [2.24, 2.45) is 0 Å². The topological polar surface area (TPSA) is 33.1 Å². The van der Waals surface area contributed by atoms with Gasteiger partial charge in [-0.05, 0) is 30.9 Å². The number of halogens is 1. The van der Waals surface area contributed by atoms with E-state index in [1.807, 2.05) is 6.07 Å². The number of aliphatic hydroxyl groups is 1. The van der Waals surface area contributed by atoms with Crippen LogP contribution < -0.4 is 0 Å². The quantitative estimate of drug-likeness (QED) is 0.701. The van der Waals surface area contributed by atoms with Crippen molar-refractivity contribution in [2.45, 2.75) is 31.2 Å². The lowest BCUT2D eigenvalue weighted by molar-refractivity contribution is 0.154. The molecule has 0 saturated heterocycles. The molecule has 1 aromatic rings. The number of fused-ring (bicyclic) bond motifs is 1. The van der Waals surface area contributed by atoms with E-state index in [2.05, 4.69) is 4.98 Å². The van der Waals surface area contributed by atoms with Crippen molar-refractivity contribution in [3.8, 4) is 0 Å². The highest BCUT2D eigenvalue weighted by Crippen LogP contribution is 2.31. The molecule has 1 heterocycles. The summed E-state index contributed by atoms with van der Waals surface area (Å²) in [6.07, 6.45) is 4.24. The Kier molecular flexibility index (Phi) is 2.51. The van der Waals surface area contributed by atoms with Crippen molar-refractivity contribution in [1.82, 2.24) is 4.98 Å². The molecule has 0 aliphatic heterocycles. The van der Waals surface area contributed by atoms with Gasteiger partial charge in [0.25, 0.3) is 0 Å². The van der Waals surface area contributed by atoms with Crippen LogP contribution in [0.4, 0.5) is 0 Å². The zero-order valence-electron chi connectivity index (χ0n) is 7.33. The molecule has 1 atom stereocenters. The van der Waals surface area contributed by atoms with Crippen LogP contribution in [-0.2, 0) is 12.3 Å². The predicted octanol–water partition coefficient (Wildman–Crippen LogP) is 2.19. The maximum absolute atomic E-state index is 9.77. The Morgan fingerprint density at radius 3 is 3.23 bits per heavy atom. The van der Waals surface area contributed by atoms with E-state index in [4.69, 9.17) is 11.6 Å². The fourth-order valence-electron chi connectivity index (χ4n) is 1.89. The number of hydrogen-bond donors (Lipinski definition) is 1. The second-order valence-electron chi connectivity index (χ2n) is 3.37. The third-order valence-electron chi connectivity index (χ3n) is 2.53. The molecule has 0 radical (unpaired) electrons. The molecule has 2 nitrogen and oxygen atoms in total. The second kappa shape index (κ2) is 3.64. The molecular formula is C10H12ClNO. The molecule has 0 amide bonds. The van der Waals surface area contributed by atoms with Crippen LogP contribution in [0, 0.1) is 0 Å². The van der Waals surface area contributed by atoms with Gasteiger partial charge in [-0.1, -0.05) is 0 Å². The van der Waals surface area contributed by atoms with Crippen LogP contribution in [0.2, 0.25) is 0 Å². The van der Waals surface area contributed by atoms with E-state index in [1.54, 1.807) is 6.20 Å². The summed E-state index contributed by atoms with van der Waals surface area (Å²) in [6, 6.07) is 1.89. The van der Waals surface area contributed by atoms with Crippen molar-refractivity contribution < 1.29 is 5.11 Å². The van der Waals surface area contributed by atoms with Crippen molar-refractivity contribution in [3.05, 3.63) is 29.1 Å². The van der Waals surface area contributed by atoms with Crippen molar-refractivity contribution in [1.29, 1.82) is 0 Å². The van der Waals surface area contributed by atoms with E-state index >= 15 is 0 Å². The molecule has 1 aromatic heterocycles. The standard InChI is InChI=1S/C10H12ClNO/c11-6-7-4-5-12-8-2-1-3-9(13)10(7)8/h4-5,9,13H,1-3,6H2. The first-order valence-electron chi connectivity index (χ1n) is 4.53. The zero-order chi connectivity index (χ0) is 9.26. The van der Waals surface area contributed by atoms with Crippen molar-refractivity contribution >= 4 is 11.6 Å². The van der Waals surface area contributed by atoms with Crippen LogP contribution in [0.1, 0.15) is 35.8 Å². The predicted molar refractivity (Wildman–Crippen MR) is 51.7 cm³/mol. The maximum atomic E-state index is 9.77. The molecule has 1 aliphatic carbocycles. The third-order valence-corrected chi connectivity index (χ3v) is 2.82. The average Bonchev–Trinajstić information content (AvgIpc) is 2.17. The van der Waals surface area contributed by atoms with Gasteiger partial charge >= 0.3 is 0 Å². The first kappa shape index (κ1) is 8.97. The zero-order valence-corrected chi connectivity index (χ0v) is 8.09. The Labute approximate surface area is 82.6 Å². The minimum absolute atomic E-state index is 0.355. The Hall–Kier alpha value is -0.600. The summed E-state index contributed by atoms with van der Waals surface area (Å²) in [5, 5.41) is 9.77. The van der Waals surface area contributed by atoms with Crippen LogP contribution in [0.15, 0.2) is 12.3 Å². The number of aliphatic hydroxyl groups excluding tert-OH is 1. The highest BCUT2D eigenvalue weighted by Gasteiger charge is 2.21. The monoisotopic (exact) mass is 197 g/mol. The number of aromatic nitrogens is 1. The summed E-state index contributed by atoms with van der Waals surface area (Å²) in [5.74, 6) is 0.460. The Morgan fingerprint density at radius 2 is 2.46 bits per heavy atom. The fraction of sp³-hybridized carbons (Fsp3) is 0.500. The first-order valence-corrected chi connectivity index (χ1v) is 5.07. The third kappa shape index (κ3) is 1.56. The molecule has 1 N–H and O–H groups in total. The van der Waals surface area contributed by atoms with Crippen molar-refractivity contribution in [2.75, 3.05) is 0 Å². The van der Waals surface area contributed by atoms with Gasteiger partial charge < -0.3 is 5.11 Å². The minimum atomic E-state index is -0.355.